The second-order valence-electron chi connectivity index (χ2n) is 3.44. The fourth-order valence-electron chi connectivity index (χ4n) is 1.91. The minimum Gasteiger partial charge on any atom is -0.452 e. The molecule has 0 aromatic heterocycles. The molecule has 0 atom stereocenters. The zero-order chi connectivity index (χ0) is 10.1. The predicted molar refractivity (Wildman–Crippen MR) is 54.6 cm³/mol. The standard InChI is InChI=1S/C11H13NO2/c1-8-4-3-5-10-9(8)6-7-12(10)11(13)14-2/h3-5H,6-7H2,1-2H3. The Morgan fingerprint density at radius 1 is 1.50 bits per heavy atom. The molecule has 0 unspecified atom stereocenters. The Kier molecular flexibility index (Phi) is 2.15. The summed E-state index contributed by atoms with van der Waals surface area (Å²) in [6.07, 6.45) is 0.659. The molecule has 2 rings (SSSR count). The van der Waals surface area contributed by atoms with E-state index >= 15 is 0 Å². The monoisotopic (exact) mass is 191 g/mol. The lowest BCUT2D eigenvalue weighted by molar-refractivity contribution is 0.179. The number of methoxy groups -OCH3 is 1. The summed E-state index contributed by atoms with van der Waals surface area (Å²) in [4.78, 5) is 13.1. The molecule has 1 heterocycles. The Morgan fingerprint density at radius 2 is 2.29 bits per heavy atom. The number of benzene rings is 1. The van der Waals surface area contributed by atoms with Gasteiger partial charge in [0, 0.05) is 6.54 Å². The van der Waals surface area contributed by atoms with Crippen LogP contribution in [0.5, 0.6) is 0 Å². The molecule has 1 aliphatic rings. The molecule has 3 heteroatoms. The number of amides is 1. The van der Waals surface area contributed by atoms with Crippen molar-refractivity contribution < 1.29 is 9.53 Å². The molecule has 14 heavy (non-hydrogen) atoms. The second kappa shape index (κ2) is 3.33. The van der Waals surface area contributed by atoms with Gasteiger partial charge in [0.1, 0.15) is 0 Å². The van der Waals surface area contributed by atoms with Crippen molar-refractivity contribution in [2.24, 2.45) is 0 Å². The van der Waals surface area contributed by atoms with Crippen LogP contribution in [0, 0.1) is 6.92 Å². The summed E-state index contributed by atoms with van der Waals surface area (Å²) in [6, 6.07) is 6.00. The number of aryl methyl sites for hydroxylation is 1. The zero-order valence-corrected chi connectivity index (χ0v) is 8.41. The van der Waals surface area contributed by atoms with E-state index in [1.807, 2.05) is 12.1 Å². The van der Waals surface area contributed by atoms with Gasteiger partial charge in [-0.15, -0.1) is 0 Å². The van der Waals surface area contributed by atoms with Crippen LogP contribution in [0.15, 0.2) is 18.2 Å². The van der Waals surface area contributed by atoms with Gasteiger partial charge in [-0.1, -0.05) is 12.1 Å². The maximum absolute atomic E-state index is 11.4. The lowest BCUT2D eigenvalue weighted by Gasteiger charge is -2.15. The maximum Gasteiger partial charge on any atom is 0.414 e. The number of ether oxygens (including phenoxy) is 1. The number of fused-ring (bicyclic) bond motifs is 1. The highest BCUT2D eigenvalue weighted by Gasteiger charge is 2.25. The summed E-state index contributed by atoms with van der Waals surface area (Å²) in [6.45, 7) is 2.80. The Hall–Kier alpha value is -1.51. The van der Waals surface area contributed by atoms with Crippen LogP contribution in [0.2, 0.25) is 0 Å². The first-order valence-corrected chi connectivity index (χ1v) is 4.68. The van der Waals surface area contributed by atoms with Gasteiger partial charge in [-0.05, 0) is 30.5 Å². The molecule has 1 aliphatic heterocycles. The Morgan fingerprint density at radius 3 is 3.00 bits per heavy atom. The molecule has 3 nitrogen and oxygen atoms in total. The van der Waals surface area contributed by atoms with E-state index in [1.54, 1.807) is 4.90 Å². The molecule has 0 bridgehead atoms. The molecule has 0 saturated carbocycles. The van der Waals surface area contributed by atoms with Crippen molar-refractivity contribution in [3.63, 3.8) is 0 Å². The average molecular weight is 191 g/mol. The van der Waals surface area contributed by atoms with E-state index < -0.39 is 0 Å². The van der Waals surface area contributed by atoms with Gasteiger partial charge in [0.25, 0.3) is 0 Å². The predicted octanol–water partition coefficient (Wildman–Crippen LogP) is 2.12. The van der Waals surface area contributed by atoms with Crippen molar-refractivity contribution in [1.29, 1.82) is 0 Å². The van der Waals surface area contributed by atoms with Crippen LogP contribution in [0.25, 0.3) is 0 Å². The van der Waals surface area contributed by atoms with Crippen LogP contribution in [0.4, 0.5) is 10.5 Å². The van der Waals surface area contributed by atoms with Crippen LogP contribution >= 0.6 is 0 Å². The first-order chi connectivity index (χ1) is 6.74. The van der Waals surface area contributed by atoms with Crippen molar-refractivity contribution in [3.8, 4) is 0 Å². The van der Waals surface area contributed by atoms with Crippen LogP contribution in [0.3, 0.4) is 0 Å². The third-order valence-corrected chi connectivity index (χ3v) is 2.66. The molecule has 0 radical (unpaired) electrons. The zero-order valence-electron chi connectivity index (χ0n) is 8.41. The number of hydrogen-bond donors (Lipinski definition) is 0. The van der Waals surface area contributed by atoms with Gasteiger partial charge < -0.3 is 4.74 Å². The van der Waals surface area contributed by atoms with E-state index in [1.165, 1.54) is 18.2 Å². The molecule has 1 aromatic rings. The van der Waals surface area contributed by atoms with E-state index in [4.69, 9.17) is 4.74 Å². The summed E-state index contributed by atoms with van der Waals surface area (Å²) in [5.74, 6) is 0. The van der Waals surface area contributed by atoms with Gasteiger partial charge in [-0.2, -0.15) is 0 Å². The smallest absolute Gasteiger partial charge is 0.414 e. The molecular formula is C11H13NO2. The third kappa shape index (κ3) is 1.25. The van der Waals surface area contributed by atoms with Gasteiger partial charge >= 0.3 is 6.09 Å². The van der Waals surface area contributed by atoms with Crippen molar-refractivity contribution in [1.82, 2.24) is 0 Å². The molecule has 0 aliphatic carbocycles. The largest absolute Gasteiger partial charge is 0.452 e. The Labute approximate surface area is 83.3 Å². The maximum atomic E-state index is 11.4. The fraction of sp³-hybridized carbons (Fsp3) is 0.364. The average Bonchev–Trinajstić information content (AvgIpc) is 2.62. The SMILES string of the molecule is COC(=O)N1CCc2c(C)cccc21. The minimum absolute atomic E-state index is 0.269. The first-order valence-electron chi connectivity index (χ1n) is 4.68. The highest BCUT2D eigenvalue weighted by atomic mass is 16.5. The number of carbonyl (C=O) groups excluding carboxylic acids is 1. The Balaban J connectivity index is 2.40. The molecule has 1 amide bonds. The highest BCUT2D eigenvalue weighted by Crippen LogP contribution is 2.30. The van der Waals surface area contributed by atoms with E-state index in [2.05, 4.69) is 13.0 Å². The molecule has 1 aromatic carbocycles. The lowest BCUT2D eigenvalue weighted by Crippen LogP contribution is -2.28. The number of rotatable bonds is 0. The van der Waals surface area contributed by atoms with Gasteiger partial charge in [0.2, 0.25) is 0 Å². The summed E-state index contributed by atoms with van der Waals surface area (Å²) < 4.78 is 4.72. The third-order valence-electron chi connectivity index (χ3n) is 2.66. The quantitative estimate of drug-likeness (QED) is 0.628. The van der Waals surface area contributed by atoms with Gasteiger partial charge in [-0.25, -0.2) is 4.79 Å². The summed E-state index contributed by atoms with van der Waals surface area (Å²) in [5.41, 5.74) is 3.50. The van der Waals surface area contributed by atoms with Crippen LogP contribution < -0.4 is 4.90 Å². The number of anilines is 1. The van der Waals surface area contributed by atoms with E-state index in [0.717, 1.165) is 18.7 Å². The normalized spacial score (nSPS) is 14.0. The molecule has 0 N–H and O–H groups in total. The summed E-state index contributed by atoms with van der Waals surface area (Å²) in [7, 11) is 1.41. The first kappa shape index (κ1) is 9.06. The summed E-state index contributed by atoms with van der Waals surface area (Å²) in [5, 5.41) is 0. The van der Waals surface area contributed by atoms with Crippen molar-refractivity contribution >= 4 is 11.8 Å². The van der Waals surface area contributed by atoms with Crippen LogP contribution in [-0.2, 0) is 11.2 Å². The Bertz CT molecular complexity index is 374. The molecule has 0 saturated heterocycles. The molecular weight excluding hydrogens is 178 g/mol. The van der Waals surface area contributed by atoms with Gasteiger partial charge in [0.15, 0.2) is 0 Å². The van der Waals surface area contributed by atoms with Gasteiger partial charge in [0.05, 0.1) is 12.8 Å². The molecule has 0 spiro atoms. The number of nitrogens with zero attached hydrogens (tertiary/aromatic N) is 1. The fourth-order valence-corrected chi connectivity index (χ4v) is 1.91. The van der Waals surface area contributed by atoms with Crippen molar-refractivity contribution in [2.75, 3.05) is 18.6 Å². The van der Waals surface area contributed by atoms with Crippen LogP contribution in [-0.4, -0.2) is 19.7 Å². The molecule has 0 fully saturated rings. The number of carbonyl (C=O) groups is 1. The van der Waals surface area contributed by atoms with Crippen LogP contribution in [0.1, 0.15) is 11.1 Å². The van der Waals surface area contributed by atoms with E-state index in [9.17, 15) is 4.79 Å². The van der Waals surface area contributed by atoms with Crippen molar-refractivity contribution in [3.05, 3.63) is 29.3 Å². The summed E-state index contributed by atoms with van der Waals surface area (Å²) >= 11 is 0. The topological polar surface area (TPSA) is 29.5 Å². The second-order valence-corrected chi connectivity index (χ2v) is 3.44. The molecule has 74 valence electrons. The van der Waals surface area contributed by atoms with Gasteiger partial charge in [-0.3, -0.25) is 4.90 Å². The minimum atomic E-state index is -0.269. The lowest BCUT2D eigenvalue weighted by atomic mass is 10.1. The van der Waals surface area contributed by atoms with E-state index in [0.29, 0.717) is 0 Å². The highest BCUT2D eigenvalue weighted by molar-refractivity contribution is 5.90. The number of hydrogen-bond acceptors (Lipinski definition) is 2. The van der Waals surface area contributed by atoms with Crippen molar-refractivity contribution in [2.45, 2.75) is 13.3 Å². The van der Waals surface area contributed by atoms with E-state index in [-0.39, 0.29) is 6.09 Å².